The predicted octanol–water partition coefficient (Wildman–Crippen LogP) is 5.08. The van der Waals surface area contributed by atoms with E-state index in [1.54, 1.807) is 37.5 Å². The smallest absolute Gasteiger partial charge is 0.336 e. The van der Waals surface area contributed by atoms with Crippen LogP contribution in [0, 0.1) is 0 Å². The summed E-state index contributed by atoms with van der Waals surface area (Å²) in [5.41, 5.74) is 4.03. The minimum atomic E-state index is -0.964. The van der Waals surface area contributed by atoms with Gasteiger partial charge in [0.25, 0.3) is 0 Å². The maximum atomic E-state index is 11.7. The quantitative estimate of drug-likeness (QED) is 0.315. The minimum Gasteiger partial charge on any atom is -0.497 e. The highest BCUT2D eigenvalue weighted by Crippen LogP contribution is 2.22. The molecule has 0 aliphatic heterocycles. The van der Waals surface area contributed by atoms with E-state index in [4.69, 9.17) is 9.47 Å². The summed E-state index contributed by atoms with van der Waals surface area (Å²) in [6.07, 6.45) is 2.49. The standard InChI is InChI=1S/C25H24O4/c1-28-23-13-11-22(12-14-23)24(25(26)27)17-20-9-7-19(8-10-20)15-16-29-18-21-5-3-2-4-6-21/h2-14,17H,15-16,18H2,1H3,(H,26,27)/b24-17-. The Balaban J connectivity index is 1.60. The molecule has 0 aromatic heterocycles. The average Bonchev–Trinajstić information content (AvgIpc) is 2.76. The van der Waals surface area contributed by atoms with Crippen LogP contribution in [0.3, 0.4) is 0 Å². The SMILES string of the molecule is COc1ccc(/C(=C/c2ccc(CCOCc3ccccc3)cc2)C(=O)O)cc1. The van der Waals surface area contributed by atoms with Gasteiger partial charge in [-0.05, 0) is 46.9 Å². The van der Waals surface area contributed by atoms with Crippen LogP contribution in [-0.2, 0) is 22.6 Å². The molecule has 0 amide bonds. The van der Waals surface area contributed by atoms with Gasteiger partial charge in [0.15, 0.2) is 0 Å². The van der Waals surface area contributed by atoms with Crippen molar-refractivity contribution in [1.82, 2.24) is 0 Å². The molecule has 0 saturated heterocycles. The third-order valence-electron chi connectivity index (χ3n) is 4.57. The Labute approximate surface area is 171 Å². The van der Waals surface area contributed by atoms with E-state index in [0.717, 1.165) is 23.1 Å². The summed E-state index contributed by atoms with van der Waals surface area (Å²) in [7, 11) is 1.58. The summed E-state index contributed by atoms with van der Waals surface area (Å²) in [5, 5.41) is 9.59. The van der Waals surface area contributed by atoms with Crippen LogP contribution in [0.25, 0.3) is 11.6 Å². The number of aliphatic carboxylic acids is 1. The van der Waals surface area contributed by atoms with E-state index in [1.165, 1.54) is 0 Å². The molecule has 0 saturated carbocycles. The fraction of sp³-hybridized carbons (Fsp3) is 0.160. The molecule has 1 N–H and O–H groups in total. The maximum Gasteiger partial charge on any atom is 0.336 e. The molecule has 0 aliphatic rings. The van der Waals surface area contributed by atoms with Gasteiger partial charge in [0.2, 0.25) is 0 Å². The summed E-state index contributed by atoms with van der Waals surface area (Å²) in [6, 6.07) is 25.0. The molecule has 0 fully saturated rings. The van der Waals surface area contributed by atoms with E-state index in [2.05, 4.69) is 0 Å². The van der Waals surface area contributed by atoms with Crippen LogP contribution in [0.5, 0.6) is 5.75 Å². The molecule has 0 aliphatic carbocycles. The van der Waals surface area contributed by atoms with Gasteiger partial charge in [-0.1, -0.05) is 66.7 Å². The molecule has 0 heterocycles. The molecule has 3 aromatic rings. The van der Waals surface area contributed by atoms with E-state index >= 15 is 0 Å². The van der Waals surface area contributed by atoms with Gasteiger partial charge in [-0.15, -0.1) is 0 Å². The summed E-state index contributed by atoms with van der Waals surface area (Å²) in [6.45, 7) is 1.24. The van der Waals surface area contributed by atoms with Crippen LogP contribution in [0.4, 0.5) is 0 Å². The fourth-order valence-corrected chi connectivity index (χ4v) is 2.94. The zero-order chi connectivity index (χ0) is 20.5. The first kappa shape index (κ1) is 20.4. The highest BCUT2D eigenvalue weighted by atomic mass is 16.5. The molecule has 148 valence electrons. The minimum absolute atomic E-state index is 0.242. The second-order valence-electron chi connectivity index (χ2n) is 6.62. The molecule has 3 aromatic carbocycles. The van der Waals surface area contributed by atoms with E-state index in [-0.39, 0.29) is 5.57 Å². The fourth-order valence-electron chi connectivity index (χ4n) is 2.94. The van der Waals surface area contributed by atoms with Gasteiger partial charge in [-0.25, -0.2) is 4.79 Å². The number of benzene rings is 3. The van der Waals surface area contributed by atoms with E-state index < -0.39 is 5.97 Å². The van der Waals surface area contributed by atoms with Crippen molar-refractivity contribution in [1.29, 1.82) is 0 Å². The average molecular weight is 388 g/mol. The van der Waals surface area contributed by atoms with Crippen molar-refractivity contribution in [2.75, 3.05) is 13.7 Å². The van der Waals surface area contributed by atoms with Crippen molar-refractivity contribution >= 4 is 17.6 Å². The molecule has 0 bridgehead atoms. The lowest BCUT2D eigenvalue weighted by atomic mass is 10.0. The lowest BCUT2D eigenvalue weighted by Crippen LogP contribution is -2.00. The lowest BCUT2D eigenvalue weighted by molar-refractivity contribution is -0.130. The van der Waals surface area contributed by atoms with E-state index in [9.17, 15) is 9.90 Å². The Bertz CT molecular complexity index is 942. The normalized spacial score (nSPS) is 11.3. The molecule has 29 heavy (non-hydrogen) atoms. The predicted molar refractivity (Wildman–Crippen MR) is 115 cm³/mol. The number of hydrogen-bond donors (Lipinski definition) is 1. The van der Waals surface area contributed by atoms with Crippen LogP contribution in [0.2, 0.25) is 0 Å². The Kier molecular flexibility index (Phi) is 7.20. The molecular formula is C25H24O4. The molecule has 4 heteroatoms. The second kappa shape index (κ2) is 10.2. The van der Waals surface area contributed by atoms with Gasteiger partial charge < -0.3 is 14.6 Å². The highest BCUT2D eigenvalue weighted by Gasteiger charge is 2.10. The Morgan fingerprint density at radius 3 is 2.21 bits per heavy atom. The van der Waals surface area contributed by atoms with Crippen LogP contribution in [0.1, 0.15) is 22.3 Å². The second-order valence-corrected chi connectivity index (χ2v) is 6.62. The zero-order valence-electron chi connectivity index (χ0n) is 16.4. The maximum absolute atomic E-state index is 11.7. The van der Waals surface area contributed by atoms with E-state index in [1.807, 2.05) is 54.6 Å². The third-order valence-corrected chi connectivity index (χ3v) is 4.57. The lowest BCUT2D eigenvalue weighted by Gasteiger charge is -2.07. The van der Waals surface area contributed by atoms with Crippen molar-refractivity contribution < 1.29 is 19.4 Å². The van der Waals surface area contributed by atoms with Gasteiger partial charge in [0.1, 0.15) is 5.75 Å². The topological polar surface area (TPSA) is 55.8 Å². The van der Waals surface area contributed by atoms with Gasteiger partial charge in [0, 0.05) is 0 Å². The molecule has 0 atom stereocenters. The number of rotatable bonds is 9. The summed E-state index contributed by atoms with van der Waals surface area (Å²) >= 11 is 0. The molecule has 0 spiro atoms. The van der Waals surface area contributed by atoms with Crippen molar-refractivity contribution in [2.45, 2.75) is 13.0 Å². The summed E-state index contributed by atoms with van der Waals surface area (Å²) < 4.78 is 10.9. The monoisotopic (exact) mass is 388 g/mol. The molecule has 0 unspecified atom stereocenters. The van der Waals surface area contributed by atoms with Crippen LogP contribution in [0.15, 0.2) is 78.9 Å². The number of carboxylic acids is 1. The molecule has 0 radical (unpaired) electrons. The zero-order valence-corrected chi connectivity index (χ0v) is 16.4. The van der Waals surface area contributed by atoms with Crippen LogP contribution in [-0.4, -0.2) is 24.8 Å². The van der Waals surface area contributed by atoms with Crippen LogP contribution >= 0.6 is 0 Å². The summed E-state index contributed by atoms with van der Waals surface area (Å²) in [4.78, 5) is 11.7. The largest absolute Gasteiger partial charge is 0.497 e. The Hall–Kier alpha value is -3.37. The van der Waals surface area contributed by atoms with Crippen molar-refractivity contribution in [2.24, 2.45) is 0 Å². The molecule has 3 rings (SSSR count). The van der Waals surface area contributed by atoms with Gasteiger partial charge in [-0.2, -0.15) is 0 Å². The number of hydrogen-bond acceptors (Lipinski definition) is 3. The van der Waals surface area contributed by atoms with Gasteiger partial charge in [0.05, 0.1) is 25.9 Å². The molecular weight excluding hydrogens is 364 g/mol. The van der Waals surface area contributed by atoms with E-state index in [0.29, 0.717) is 24.5 Å². The summed E-state index contributed by atoms with van der Waals surface area (Å²) in [5.74, 6) is -0.272. The van der Waals surface area contributed by atoms with Crippen molar-refractivity contribution in [3.05, 3.63) is 101 Å². The van der Waals surface area contributed by atoms with Crippen molar-refractivity contribution in [3.63, 3.8) is 0 Å². The highest BCUT2D eigenvalue weighted by molar-refractivity contribution is 6.20. The Morgan fingerprint density at radius 2 is 1.59 bits per heavy atom. The number of ether oxygens (including phenoxy) is 2. The Morgan fingerprint density at radius 1 is 0.897 bits per heavy atom. The first-order chi connectivity index (χ1) is 14.2. The van der Waals surface area contributed by atoms with Gasteiger partial charge >= 0.3 is 5.97 Å². The molecule has 4 nitrogen and oxygen atoms in total. The van der Waals surface area contributed by atoms with Crippen molar-refractivity contribution in [3.8, 4) is 5.75 Å². The van der Waals surface area contributed by atoms with Gasteiger partial charge in [-0.3, -0.25) is 0 Å². The first-order valence-electron chi connectivity index (χ1n) is 9.46. The number of carbonyl (C=O) groups is 1. The number of methoxy groups -OCH3 is 1. The third kappa shape index (κ3) is 6.06. The first-order valence-corrected chi connectivity index (χ1v) is 9.46. The van der Waals surface area contributed by atoms with Crippen LogP contribution < -0.4 is 4.74 Å². The number of carboxylic acid groups (broad SMARTS) is 1.